The highest BCUT2D eigenvalue weighted by molar-refractivity contribution is 7.85. The van der Waals surface area contributed by atoms with Crippen LogP contribution >= 0.6 is 0 Å². The fraction of sp³-hybridized carbons (Fsp3) is 0.857. The van der Waals surface area contributed by atoms with E-state index in [4.69, 9.17) is 32.6 Å². The smallest absolute Gasteiger partial charge is 0.331 e. The number of esters is 1. The third kappa shape index (κ3) is 11.4. The van der Waals surface area contributed by atoms with E-state index >= 15 is 0 Å². The van der Waals surface area contributed by atoms with Crippen LogP contribution in [0.1, 0.15) is 91.4 Å². The number of hydrogen-bond donors (Lipinski definition) is 0. The predicted molar refractivity (Wildman–Crippen MR) is 174 cm³/mol. The number of fused-ring (bicyclic) bond motifs is 1. The third-order valence-electron chi connectivity index (χ3n) is 10.0. The molecule has 0 spiro atoms. The summed E-state index contributed by atoms with van der Waals surface area (Å²) in [6, 6.07) is 0. The molecule has 264 valence electrons. The quantitative estimate of drug-likeness (QED) is 0.0985. The first-order valence-corrected chi connectivity index (χ1v) is 19.2. The first-order chi connectivity index (χ1) is 22.0. The highest BCUT2D eigenvalue weighted by atomic mass is 32.2. The summed E-state index contributed by atoms with van der Waals surface area (Å²) >= 11 is 0. The topological polar surface area (TPSA) is 116 Å². The van der Waals surface area contributed by atoms with Crippen molar-refractivity contribution < 1.29 is 45.8 Å². The number of rotatable bonds is 18. The lowest BCUT2D eigenvalue weighted by Gasteiger charge is -2.37. The molecule has 0 aromatic carbocycles. The van der Waals surface area contributed by atoms with Gasteiger partial charge in [0.05, 0.1) is 38.8 Å². The molecule has 3 fully saturated rings. The maximum atomic E-state index is 11.9. The number of allylic oxidation sites excluding steroid dienone is 1. The van der Waals surface area contributed by atoms with Crippen LogP contribution in [0.3, 0.4) is 0 Å². The number of ether oxygens (including phenoxy) is 6. The number of hydrogen-bond acceptors (Lipinski definition) is 10. The van der Waals surface area contributed by atoms with Gasteiger partial charge in [-0.3, -0.25) is 4.18 Å². The Kier molecular flexibility index (Phi) is 14.6. The van der Waals surface area contributed by atoms with E-state index < -0.39 is 16.1 Å². The molecule has 11 heteroatoms. The first-order valence-electron chi connectivity index (χ1n) is 17.4. The van der Waals surface area contributed by atoms with Gasteiger partial charge in [0.1, 0.15) is 6.61 Å². The lowest BCUT2D eigenvalue weighted by Crippen LogP contribution is -2.37. The van der Waals surface area contributed by atoms with E-state index in [0.29, 0.717) is 0 Å². The van der Waals surface area contributed by atoms with Gasteiger partial charge in [0.2, 0.25) is 0 Å². The molecule has 0 radical (unpaired) electrons. The Morgan fingerprint density at radius 3 is 2.43 bits per heavy atom. The zero-order valence-electron chi connectivity index (χ0n) is 28.7. The Balaban J connectivity index is 1.55. The van der Waals surface area contributed by atoms with Crippen LogP contribution in [0.2, 0.25) is 0 Å². The second kappa shape index (κ2) is 17.9. The van der Waals surface area contributed by atoms with Gasteiger partial charge in [0.15, 0.2) is 12.6 Å². The lowest BCUT2D eigenvalue weighted by molar-refractivity contribution is -0.198. The molecule has 0 N–H and O–H groups in total. The highest BCUT2D eigenvalue weighted by Gasteiger charge is 2.47. The molecule has 3 unspecified atom stereocenters. The molecule has 8 atom stereocenters. The summed E-state index contributed by atoms with van der Waals surface area (Å²) in [4.78, 5) is 11.7. The molecule has 2 aliphatic carbocycles. The van der Waals surface area contributed by atoms with Crippen molar-refractivity contribution in [3.63, 3.8) is 0 Å². The molecule has 2 aliphatic heterocycles. The van der Waals surface area contributed by atoms with Crippen LogP contribution in [-0.2, 0) is 47.5 Å². The number of carbonyl (C=O) groups is 1. The van der Waals surface area contributed by atoms with Crippen LogP contribution in [0.4, 0.5) is 0 Å². The summed E-state index contributed by atoms with van der Waals surface area (Å²) in [5, 5.41) is 0. The number of carbonyl (C=O) groups excluding carboxylic acids is 1. The van der Waals surface area contributed by atoms with E-state index in [9.17, 15) is 13.2 Å². The normalized spacial score (nSPS) is 30.2. The summed E-state index contributed by atoms with van der Waals surface area (Å²) in [6.45, 7) is 8.19. The largest absolute Gasteiger partial charge is 0.467 e. The average Bonchev–Trinajstić information content (AvgIpc) is 3.58. The van der Waals surface area contributed by atoms with Gasteiger partial charge in [-0.05, 0) is 75.0 Å². The van der Waals surface area contributed by atoms with Crippen molar-refractivity contribution in [1.82, 2.24) is 0 Å². The van der Waals surface area contributed by atoms with Gasteiger partial charge in [0.25, 0.3) is 10.1 Å². The van der Waals surface area contributed by atoms with Gasteiger partial charge in [0, 0.05) is 25.0 Å². The summed E-state index contributed by atoms with van der Waals surface area (Å²) in [5.41, 5.74) is 1.03. The van der Waals surface area contributed by atoms with E-state index in [1.807, 2.05) is 0 Å². The minimum absolute atomic E-state index is 0.00113. The maximum absolute atomic E-state index is 11.9. The fourth-order valence-electron chi connectivity index (χ4n) is 7.27. The monoisotopic (exact) mass is 670 g/mol. The van der Waals surface area contributed by atoms with Crippen molar-refractivity contribution in [2.24, 2.45) is 29.1 Å². The maximum Gasteiger partial charge on any atom is 0.331 e. The second-order valence-electron chi connectivity index (χ2n) is 14.2. The van der Waals surface area contributed by atoms with Crippen LogP contribution in [0.15, 0.2) is 23.8 Å². The van der Waals surface area contributed by atoms with E-state index in [2.05, 4.69) is 39.0 Å². The van der Waals surface area contributed by atoms with Gasteiger partial charge in [-0.15, -0.1) is 0 Å². The van der Waals surface area contributed by atoms with Gasteiger partial charge >= 0.3 is 5.97 Å². The van der Waals surface area contributed by atoms with Crippen LogP contribution < -0.4 is 0 Å². The molecule has 0 amide bonds. The lowest BCUT2D eigenvalue weighted by atomic mass is 9.80. The zero-order valence-corrected chi connectivity index (χ0v) is 29.5. The second-order valence-corrected chi connectivity index (χ2v) is 15.8. The van der Waals surface area contributed by atoms with Gasteiger partial charge < -0.3 is 28.4 Å². The molecule has 2 saturated heterocycles. The van der Waals surface area contributed by atoms with Crippen LogP contribution in [-0.4, -0.2) is 85.6 Å². The Morgan fingerprint density at radius 1 is 1.09 bits per heavy atom. The summed E-state index contributed by atoms with van der Waals surface area (Å²) in [6.07, 6.45) is 18.5. The molecule has 0 aromatic heterocycles. The Hall–Kier alpha value is -1.34. The van der Waals surface area contributed by atoms with Crippen molar-refractivity contribution >= 4 is 16.1 Å². The van der Waals surface area contributed by atoms with Crippen molar-refractivity contribution in [2.75, 3.05) is 46.4 Å². The molecular weight excluding hydrogens is 612 g/mol. The van der Waals surface area contributed by atoms with Crippen LogP contribution in [0.5, 0.6) is 0 Å². The molecule has 1 saturated carbocycles. The van der Waals surface area contributed by atoms with E-state index in [1.165, 1.54) is 7.11 Å². The summed E-state index contributed by atoms with van der Waals surface area (Å²) in [5.74, 6) is -0.132. The number of methoxy groups -OCH3 is 1. The Morgan fingerprint density at radius 2 is 1.80 bits per heavy atom. The highest BCUT2D eigenvalue weighted by Crippen LogP contribution is 2.50. The van der Waals surface area contributed by atoms with Crippen molar-refractivity contribution in [2.45, 2.75) is 116 Å². The molecule has 4 aliphatic rings. The van der Waals surface area contributed by atoms with Crippen LogP contribution in [0, 0.1) is 29.1 Å². The van der Waals surface area contributed by atoms with Gasteiger partial charge in [-0.25, -0.2) is 4.79 Å². The fourth-order valence-corrected chi connectivity index (χ4v) is 7.68. The molecule has 4 rings (SSSR count). The standard InChI is InChI=1S/C35H58O10S/c1-6-7-16-35(2,3)31(45-34-13-9-11-18-42-34)15-14-28-29-20-25(19-26(29)21-30(28)44-33-12-8-10-17-41-33)27(23-43-46(5,37)38)22-40-24-32(36)39-4/h14-15,19,26-31,33-34H,6-13,16-18,20-24H2,1-5H3/b15-14+/t26-,27?,28+,29-,30+,31+,33?,34?/m0/s1. The predicted octanol–water partition coefficient (Wildman–Crippen LogP) is 5.95. The Labute approximate surface area is 277 Å². The van der Waals surface area contributed by atoms with E-state index in [-0.39, 0.29) is 73.7 Å². The molecular formula is C35H58O10S. The van der Waals surface area contributed by atoms with E-state index in [0.717, 1.165) is 95.7 Å². The SMILES string of the molecule is CCCCC(C)(C)[C@@H](/C=C/[C@@H]1[C@H]2CC(C(COCC(=O)OC)COS(C)(=O)=O)=C[C@H]2C[C@H]1OC1CCCCO1)OC1CCCCO1. The van der Waals surface area contributed by atoms with Crippen LogP contribution in [0.25, 0.3) is 0 Å². The van der Waals surface area contributed by atoms with Crippen molar-refractivity contribution in [3.05, 3.63) is 23.8 Å². The van der Waals surface area contributed by atoms with Crippen molar-refractivity contribution in [1.29, 1.82) is 0 Å². The van der Waals surface area contributed by atoms with E-state index in [1.54, 1.807) is 0 Å². The molecule has 46 heavy (non-hydrogen) atoms. The molecule has 10 nitrogen and oxygen atoms in total. The Bertz CT molecular complexity index is 1110. The first kappa shape index (κ1) is 37.5. The average molecular weight is 671 g/mol. The van der Waals surface area contributed by atoms with Crippen molar-refractivity contribution in [3.8, 4) is 0 Å². The molecule has 0 bridgehead atoms. The number of unbranched alkanes of at least 4 members (excludes halogenated alkanes) is 1. The van der Waals surface area contributed by atoms with Gasteiger partial charge in [-0.2, -0.15) is 8.42 Å². The van der Waals surface area contributed by atoms with Gasteiger partial charge in [-0.1, -0.05) is 57.4 Å². The zero-order chi connectivity index (χ0) is 33.2. The minimum atomic E-state index is -3.64. The minimum Gasteiger partial charge on any atom is -0.467 e. The third-order valence-corrected chi connectivity index (χ3v) is 10.6. The summed E-state index contributed by atoms with van der Waals surface area (Å²) in [7, 11) is -2.33. The summed E-state index contributed by atoms with van der Waals surface area (Å²) < 4.78 is 64.7. The molecule has 2 heterocycles. The molecule has 0 aromatic rings.